The van der Waals surface area contributed by atoms with Crippen LogP contribution in [-0.2, 0) is 0 Å². The van der Waals surface area contributed by atoms with Gasteiger partial charge in [0, 0.05) is 37.7 Å². The average molecular weight is 348 g/mol. The monoisotopic (exact) mass is 346 g/mol. The van der Waals surface area contributed by atoms with Crippen LogP contribution in [0.5, 0.6) is 5.75 Å². The number of hydrogen-bond acceptors (Lipinski definition) is 3. The normalized spacial score (nSPS) is 17.6. The summed E-state index contributed by atoms with van der Waals surface area (Å²) in [4.78, 5) is 4.93. The lowest BCUT2D eigenvalue weighted by molar-refractivity contribution is 0.120. The molecule has 106 valence electrons. The number of piperazine rings is 1. The smallest absolute Gasteiger partial charge is 0.133 e. The molecule has 19 heavy (non-hydrogen) atoms. The van der Waals surface area contributed by atoms with Crippen LogP contribution in [0.15, 0.2) is 22.7 Å². The standard InChI is InChI=1S/C14H20BrClN2O/c1-2-17-5-7-18(8-6-17)9-10-19-14-4-3-12(16)11-13(14)15/h3-4,11H,2,5-10H2,1H3. The summed E-state index contributed by atoms with van der Waals surface area (Å²) in [5.41, 5.74) is 0. The molecule has 0 atom stereocenters. The molecular formula is C14H20BrClN2O. The highest BCUT2D eigenvalue weighted by Gasteiger charge is 2.15. The molecule has 0 unspecified atom stereocenters. The minimum Gasteiger partial charge on any atom is -0.491 e. The SMILES string of the molecule is CCN1CCN(CCOc2ccc(Cl)cc2Br)CC1. The fourth-order valence-corrected chi connectivity index (χ4v) is 3.00. The number of likely N-dealkylation sites (N-methyl/N-ethyl adjacent to an activating group) is 1. The Kier molecular flexibility index (Phi) is 5.95. The highest BCUT2D eigenvalue weighted by molar-refractivity contribution is 9.10. The summed E-state index contributed by atoms with van der Waals surface area (Å²) < 4.78 is 6.70. The van der Waals surface area contributed by atoms with Gasteiger partial charge < -0.3 is 9.64 Å². The van der Waals surface area contributed by atoms with E-state index in [-0.39, 0.29) is 0 Å². The molecule has 1 aliphatic heterocycles. The van der Waals surface area contributed by atoms with Crippen molar-refractivity contribution in [3.63, 3.8) is 0 Å². The van der Waals surface area contributed by atoms with E-state index in [4.69, 9.17) is 16.3 Å². The zero-order valence-corrected chi connectivity index (χ0v) is 13.6. The quantitative estimate of drug-likeness (QED) is 0.814. The lowest BCUT2D eigenvalue weighted by Gasteiger charge is -2.33. The number of benzene rings is 1. The molecule has 0 aliphatic carbocycles. The van der Waals surface area contributed by atoms with E-state index in [9.17, 15) is 0 Å². The predicted molar refractivity (Wildman–Crippen MR) is 83.2 cm³/mol. The molecule has 1 aromatic carbocycles. The molecule has 1 aromatic rings. The molecule has 5 heteroatoms. The van der Waals surface area contributed by atoms with Crippen molar-refractivity contribution in [1.82, 2.24) is 9.80 Å². The van der Waals surface area contributed by atoms with Gasteiger partial charge in [-0.3, -0.25) is 4.90 Å². The molecule has 2 rings (SSSR count). The Morgan fingerprint density at radius 3 is 2.53 bits per heavy atom. The van der Waals surface area contributed by atoms with Gasteiger partial charge in [-0.2, -0.15) is 0 Å². The van der Waals surface area contributed by atoms with Crippen LogP contribution >= 0.6 is 27.5 Å². The van der Waals surface area contributed by atoms with Crippen LogP contribution in [0.2, 0.25) is 5.02 Å². The Morgan fingerprint density at radius 1 is 1.21 bits per heavy atom. The highest BCUT2D eigenvalue weighted by atomic mass is 79.9. The second-order valence-electron chi connectivity index (χ2n) is 4.70. The van der Waals surface area contributed by atoms with Gasteiger partial charge in [0.25, 0.3) is 0 Å². The number of halogens is 2. The molecule has 0 aromatic heterocycles. The van der Waals surface area contributed by atoms with E-state index in [1.165, 1.54) is 13.1 Å². The number of nitrogens with zero attached hydrogens (tertiary/aromatic N) is 2. The summed E-state index contributed by atoms with van der Waals surface area (Å²) in [5.74, 6) is 0.858. The van der Waals surface area contributed by atoms with E-state index in [0.29, 0.717) is 6.61 Å². The van der Waals surface area contributed by atoms with Crippen molar-refractivity contribution in [2.75, 3.05) is 45.9 Å². The lowest BCUT2D eigenvalue weighted by Crippen LogP contribution is -2.47. The molecule has 1 fully saturated rings. The van der Waals surface area contributed by atoms with Crippen molar-refractivity contribution in [2.24, 2.45) is 0 Å². The van der Waals surface area contributed by atoms with Crippen LogP contribution in [0.4, 0.5) is 0 Å². The maximum Gasteiger partial charge on any atom is 0.133 e. The first-order valence-electron chi connectivity index (χ1n) is 6.71. The minimum absolute atomic E-state index is 0.715. The second-order valence-corrected chi connectivity index (χ2v) is 5.99. The van der Waals surface area contributed by atoms with Crippen LogP contribution in [-0.4, -0.2) is 55.7 Å². The van der Waals surface area contributed by atoms with E-state index < -0.39 is 0 Å². The minimum atomic E-state index is 0.715. The number of ether oxygens (including phenoxy) is 1. The van der Waals surface area contributed by atoms with Crippen LogP contribution in [0.1, 0.15) is 6.92 Å². The molecule has 1 aliphatic rings. The summed E-state index contributed by atoms with van der Waals surface area (Å²) in [5, 5.41) is 0.718. The Balaban J connectivity index is 1.72. The zero-order chi connectivity index (χ0) is 13.7. The van der Waals surface area contributed by atoms with Gasteiger partial charge >= 0.3 is 0 Å². The molecule has 0 spiro atoms. The van der Waals surface area contributed by atoms with Gasteiger partial charge in [0.2, 0.25) is 0 Å². The molecule has 0 bridgehead atoms. The van der Waals surface area contributed by atoms with Crippen molar-refractivity contribution >= 4 is 27.5 Å². The van der Waals surface area contributed by atoms with Gasteiger partial charge in [0.05, 0.1) is 4.47 Å². The first-order chi connectivity index (χ1) is 9.19. The fraction of sp³-hybridized carbons (Fsp3) is 0.571. The highest BCUT2D eigenvalue weighted by Crippen LogP contribution is 2.27. The summed E-state index contributed by atoms with van der Waals surface area (Å²) in [6, 6.07) is 5.61. The molecule has 0 radical (unpaired) electrons. The predicted octanol–water partition coefficient (Wildman–Crippen LogP) is 3.12. The van der Waals surface area contributed by atoms with Crippen molar-refractivity contribution in [3.8, 4) is 5.75 Å². The van der Waals surface area contributed by atoms with Crippen LogP contribution in [0.25, 0.3) is 0 Å². The molecule has 1 heterocycles. The third kappa shape index (κ3) is 4.63. The topological polar surface area (TPSA) is 15.7 Å². The number of hydrogen-bond donors (Lipinski definition) is 0. The summed E-state index contributed by atoms with van der Waals surface area (Å²) in [7, 11) is 0. The average Bonchev–Trinajstić information content (AvgIpc) is 2.42. The Bertz CT molecular complexity index is 408. The van der Waals surface area contributed by atoms with Crippen LogP contribution < -0.4 is 4.74 Å². The van der Waals surface area contributed by atoms with Crippen molar-refractivity contribution < 1.29 is 4.74 Å². The Morgan fingerprint density at radius 2 is 1.89 bits per heavy atom. The van der Waals surface area contributed by atoms with Gasteiger partial charge in [-0.25, -0.2) is 0 Å². The third-order valence-electron chi connectivity index (χ3n) is 3.47. The molecule has 0 N–H and O–H groups in total. The van der Waals surface area contributed by atoms with E-state index in [2.05, 4.69) is 32.7 Å². The summed E-state index contributed by atoms with van der Waals surface area (Å²) in [6.45, 7) is 9.68. The second kappa shape index (κ2) is 7.48. The van der Waals surface area contributed by atoms with Crippen LogP contribution in [0.3, 0.4) is 0 Å². The van der Waals surface area contributed by atoms with Gasteiger partial charge in [-0.15, -0.1) is 0 Å². The third-order valence-corrected chi connectivity index (χ3v) is 4.33. The van der Waals surface area contributed by atoms with Crippen molar-refractivity contribution in [2.45, 2.75) is 6.92 Å². The zero-order valence-electron chi connectivity index (χ0n) is 11.2. The van der Waals surface area contributed by atoms with Gasteiger partial charge in [-0.1, -0.05) is 18.5 Å². The molecule has 3 nitrogen and oxygen atoms in total. The molecule has 0 saturated carbocycles. The Labute approximate surface area is 128 Å². The Hall–Kier alpha value is -0.290. The van der Waals surface area contributed by atoms with Crippen molar-refractivity contribution in [3.05, 3.63) is 27.7 Å². The fourth-order valence-electron chi connectivity index (χ4n) is 2.21. The number of rotatable bonds is 5. The molecule has 1 saturated heterocycles. The molecular weight excluding hydrogens is 328 g/mol. The maximum atomic E-state index is 5.90. The van der Waals surface area contributed by atoms with E-state index >= 15 is 0 Å². The first-order valence-corrected chi connectivity index (χ1v) is 7.88. The summed E-state index contributed by atoms with van der Waals surface area (Å²) in [6.07, 6.45) is 0. The largest absolute Gasteiger partial charge is 0.491 e. The first kappa shape index (κ1) is 15.1. The summed E-state index contributed by atoms with van der Waals surface area (Å²) >= 11 is 9.36. The van der Waals surface area contributed by atoms with Gasteiger partial charge in [0.15, 0.2) is 0 Å². The van der Waals surface area contributed by atoms with Crippen LogP contribution in [0, 0.1) is 0 Å². The van der Waals surface area contributed by atoms with E-state index in [1.54, 1.807) is 0 Å². The van der Waals surface area contributed by atoms with E-state index in [1.807, 2.05) is 18.2 Å². The lowest BCUT2D eigenvalue weighted by atomic mass is 10.3. The van der Waals surface area contributed by atoms with E-state index in [0.717, 1.165) is 41.4 Å². The maximum absolute atomic E-state index is 5.90. The van der Waals surface area contributed by atoms with Crippen molar-refractivity contribution in [1.29, 1.82) is 0 Å². The molecule has 0 amide bonds. The van der Waals surface area contributed by atoms with Gasteiger partial charge in [0.1, 0.15) is 12.4 Å². The van der Waals surface area contributed by atoms with Gasteiger partial charge in [-0.05, 0) is 40.7 Å².